The lowest BCUT2D eigenvalue weighted by Gasteiger charge is -2.31. The number of nitriles is 1. The largest absolute Gasteiger partial charge is 0.466 e. The normalized spacial score (nSPS) is 22.3. The summed E-state index contributed by atoms with van der Waals surface area (Å²) in [4.78, 5) is 14.7. The van der Waals surface area contributed by atoms with Gasteiger partial charge in [-0.25, -0.2) is 0 Å². The summed E-state index contributed by atoms with van der Waals surface area (Å²) in [5.74, 6) is -0.151. The zero-order valence-electron chi connectivity index (χ0n) is 13.8. The van der Waals surface area contributed by atoms with Gasteiger partial charge in [0.05, 0.1) is 24.2 Å². The van der Waals surface area contributed by atoms with E-state index in [0.29, 0.717) is 18.7 Å². The topological polar surface area (TPSA) is 53.3 Å². The quantitative estimate of drug-likeness (QED) is 0.805. The summed E-state index contributed by atoms with van der Waals surface area (Å²) in [6.45, 7) is 10.3. The highest BCUT2D eigenvalue weighted by Gasteiger charge is 2.42. The molecule has 1 aromatic rings. The van der Waals surface area contributed by atoms with Crippen LogP contribution in [0.3, 0.4) is 0 Å². The van der Waals surface area contributed by atoms with E-state index in [9.17, 15) is 4.79 Å². The van der Waals surface area contributed by atoms with Crippen molar-refractivity contribution < 1.29 is 9.53 Å². The van der Waals surface area contributed by atoms with Crippen molar-refractivity contribution >= 4 is 5.97 Å². The second-order valence-electron chi connectivity index (χ2n) is 6.77. The molecule has 0 N–H and O–H groups in total. The van der Waals surface area contributed by atoms with E-state index in [1.807, 2.05) is 31.2 Å². The third-order valence-corrected chi connectivity index (χ3v) is 4.33. The number of esters is 1. The summed E-state index contributed by atoms with van der Waals surface area (Å²) in [7, 11) is 0. The van der Waals surface area contributed by atoms with Crippen LogP contribution in [0.5, 0.6) is 0 Å². The average Bonchev–Trinajstić information content (AvgIpc) is 2.93. The molecule has 0 amide bonds. The van der Waals surface area contributed by atoms with Gasteiger partial charge in [-0.1, -0.05) is 12.1 Å². The van der Waals surface area contributed by atoms with Gasteiger partial charge in [0.25, 0.3) is 0 Å². The van der Waals surface area contributed by atoms with E-state index in [1.165, 1.54) is 0 Å². The standard InChI is InChI=1S/C18H24N2O2/c1-5-22-17(21)16-12-20(18(2,3)4)11-15(16)14-8-6-13(10-19)7-9-14/h6-9,15-16H,5,11-12H2,1-4H3/t15-,16+/m0/s1. The third kappa shape index (κ3) is 3.48. The molecular weight excluding hydrogens is 276 g/mol. The highest BCUT2D eigenvalue weighted by atomic mass is 16.5. The maximum absolute atomic E-state index is 12.3. The van der Waals surface area contributed by atoms with Crippen molar-refractivity contribution in [2.45, 2.75) is 39.2 Å². The zero-order chi connectivity index (χ0) is 16.3. The van der Waals surface area contributed by atoms with E-state index in [4.69, 9.17) is 10.00 Å². The fraction of sp³-hybridized carbons (Fsp3) is 0.556. The Hall–Kier alpha value is -1.86. The van der Waals surface area contributed by atoms with Gasteiger partial charge in [0.1, 0.15) is 0 Å². The second kappa shape index (κ2) is 6.50. The first-order valence-corrected chi connectivity index (χ1v) is 7.78. The molecule has 2 atom stereocenters. The van der Waals surface area contributed by atoms with Crippen LogP contribution in [0.15, 0.2) is 24.3 Å². The molecule has 118 valence electrons. The van der Waals surface area contributed by atoms with Crippen molar-refractivity contribution in [2.24, 2.45) is 5.92 Å². The molecule has 1 aliphatic rings. The monoisotopic (exact) mass is 300 g/mol. The number of carbonyl (C=O) groups excluding carboxylic acids is 1. The zero-order valence-corrected chi connectivity index (χ0v) is 13.8. The Kier molecular flexibility index (Phi) is 4.87. The van der Waals surface area contributed by atoms with Gasteiger partial charge in [-0.15, -0.1) is 0 Å². The molecule has 0 radical (unpaired) electrons. The van der Waals surface area contributed by atoms with Crippen molar-refractivity contribution in [3.8, 4) is 6.07 Å². The maximum Gasteiger partial charge on any atom is 0.310 e. The molecule has 1 fully saturated rings. The van der Waals surface area contributed by atoms with Gasteiger partial charge in [-0.3, -0.25) is 9.69 Å². The van der Waals surface area contributed by atoms with E-state index < -0.39 is 0 Å². The first-order chi connectivity index (χ1) is 10.4. The summed E-state index contributed by atoms with van der Waals surface area (Å²) in [5, 5.41) is 8.92. The summed E-state index contributed by atoms with van der Waals surface area (Å²) >= 11 is 0. The molecule has 0 aromatic heterocycles. The number of carbonyl (C=O) groups is 1. The van der Waals surface area contributed by atoms with Gasteiger partial charge in [-0.05, 0) is 45.4 Å². The number of nitrogens with zero attached hydrogens (tertiary/aromatic N) is 2. The van der Waals surface area contributed by atoms with Crippen molar-refractivity contribution in [3.05, 3.63) is 35.4 Å². The molecule has 0 bridgehead atoms. The Bertz CT molecular complexity index is 566. The lowest BCUT2D eigenvalue weighted by atomic mass is 9.88. The van der Waals surface area contributed by atoms with Crippen LogP contribution < -0.4 is 0 Å². The molecule has 1 aliphatic heterocycles. The van der Waals surface area contributed by atoms with Crippen LogP contribution in [0, 0.1) is 17.2 Å². The first kappa shape index (κ1) is 16.5. The number of ether oxygens (including phenoxy) is 1. The molecule has 1 aromatic carbocycles. The maximum atomic E-state index is 12.3. The molecular formula is C18H24N2O2. The number of likely N-dealkylation sites (tertiary alicyclic amines) is 1. The summed E-state index contributed by atoms with van der Waals surface area (Å²) in [5.41, 5.74) is 1.76. The van der Waals surface area contributed by atoms with Gasteiger partial charge in [0.15, 0.2) is 0 Å². The van der Waals surface area contributed by atoms with Gasteiger partial charge in [-0.2, -0.15) is 5.26 Å². The van der Waals surface area contributed by atoms with Gasteiger partial charge >= 0.3 is 5.97 Å². The Balaban J connectivity index is 2.28. The fourth-order valence-electron chi connectivity index (χ4n) is 2.98. The molecule has 1 heterocycles. The van der Waals surface area contributed by atoms with E-state index in [1.54, 1.807) is 0 Å². The second-order valence-corrected chi connectivity index (χ2v) is 6.77. The first-order valence-electron chi connectivity index (χ1n) is 7.78. The van der Waals surface area contributed by atoms with Crippen LogP contribution in [0.4, 0.5) is 0 Å². The van der Waals surface area contributed by atoms with Crippen LogP contribution in [0.1, 0.15) is 44.7 Å². The van der Waals surface area contributed by atoms with E-state index in [0.717, 1.165) is 12.1 Å². The Morgan fingerprint density at radius 1 is 1.32 bits per heavy atom. The van der Waals surface area contributed by atoms with Crippen LogP contribution in [0.2, 0.25) is 0 Å². The Morgan fingerprint density at radius 3 is 2.45 bits per heavy atom. The van der Waals surface area contributed by atoms with Crippen molar-refractivity contribution in [1.29, 1.82) is 5.26 Å². The summed E-state index contributed by atoms with van der Waals surface area (Å²) in [6, 6.07) is 9.68. The van der Waals surface area contributed by atoms with E-state index in [2.05, 4.69) is 31.7 Å². The molecule has 4 heteroatoms. The number of hydrogen-bond acceptors (Lipinski definition) is 4. The molecule has 2 rings (SSSR count). The smallest absolute Gasteiger partial charge is 0.310 e. The molecule has 4 nitrogen and oxygen atoms in total. The molecule has 22 heavy (non-hydrogen) atoms. The van der Waals surface area contributed by atoms with Crippen molar-refractivity contribution in [2.75, 3.05) is 19.7 Å². The van der Waals surface area contributed by atoms with E-state index in [-0.39, 0.29) is 23.3 Å². The van der Waals surface area contributed by atoms with Crippen molar-refractivity contribution in [1.82, 2.24) is 4.90 Å². The minimum atomic E-state index is -0.146. The lowest BCUT2D eigenvalue weighted by molar-refractivity contribution is -0.148. The minimum absolute atomic E-state index is 0.0199. The molecule has 0 unspecified atom stereocenters. The van der Waals surface area contributed by atoms with Crippen LogP contribution in [-0.4, -0.2) is 36.1 Å². The van der Waals surface area contributed by atoms with Crippen LogP contribution in [-0.2, 0) is 9.53 Å². The fourth-order valence-corrected chi connectivity index (χ4v) is 2.98. The SMILES string of the molecule is CCOC(=O)[C@@H]1CN(C(C)(C)C)C[C@H]1c1ccc(C#N)cc1. The summed E-state index contributed by atoms with van der Waals surface area (Å²) < 4.78 is 5.27. The molecule has 0 aliphatic carbocycles. The van der Waals surface area contributed by atoms with E-state index >= 15 is 0 Å². The van der Waals surface area contributed by atoms with Crippen LogP contribution >= 0.6 is 0 Å². The number of rotatable bonds is 3. The third-order valence-electron chi connectivity index (χ3n) is 4.33. The van der Waals surface area contributed by atoms with Gasteiger partial charge in [0, 0.05) is 24.5 Å². The highest BCUT2D eigenvalue weighted by molar-refractivity contribution is 5.74. The molecule has 1 saturated heterocycles. The Morgan fingerprint density at radius 2 is 1.95 bits per heavy atom. The number of benzene rings is 1. The average molecular weight is 300 g/mol. The highest BCUT2D eigenvalue weighted by Crippen LogP contribution is 2.36. The molecule has 0 spiro atoms. The van der Waals surface area contributed by atoms with Crippen LogP contribution in [0.25, 0.3) is 0 Å². The predicted molar refractivity (Wildman–Crippen MR) is 85.3 cm³/mol. The molecule has 0 saturated carbocycles. The lowest BCUT2D eigenvalue weighted by Crippen LogP contribution is -2.40. The number of hydrogen-bond donors (Lipinski definition) is 0. The minimum Gasteiger partial charge on any atom is -0.466 e. The van der Waals surface area contributed by atoms with Crippen molar-refractivity contribution in [3.63, 3.8) is 0 Å². The predicted octanol–water partition coefficient (Wildman–Crippen LogP) is 2.94. The summed E-state index contributed by atoms with van der Waals surface area (Å²) in [6.07, 6.45) is 0. The van der Waals surface area contributed by atoms with Gasteiger partial charge < -0.3 is 4.74 Å². The van der Waals surface area contributed by atoms with Gasteiger partial charge in [0.2, 0.25) is 0 Å². The Labute approximate surface area is 132 Å².